The van der Waals surface area contributed by atoms with E-state index < -0.39 is 0 Å². The van der Waals surface area contributed by atoms with Gasteiger partial charge in [0.15, 0.2) is 11.5 Å². The number of nitrogens with zero attached hydrogens (tertiary/aromatic N) is 4. The minimum Gasteiger partial charge on any atom is -0.355 e. The largest absolute Gasteiger partial charge is 0.355 e. The molecule has 0 radical (unpaired) electrons. The van der Waals surface area contributed by atoms with Crippen molar-refractivity contribution in [2.24, 2.45) is 0 Å². The van der Waals surface area contributed by atoms with Crippen LogP contribution in [0.3, 0.4) is 0 Å². The highest BCUT2D eigenvalue weighted by Crippen LogP contribution is 2.19. The SMILES string of the molecule is O=C(NCc1ccc(-c2cccnc2)nc1)c1cc(-c2cccnc2)on1. The van der Waals surface area contributed by atoms with Gasteiger partial charge in [-0.2, -0.15) is 0 Å². The standard InChI is InChI=1S/C20H15N5O2/c26-20(18-9-19(27-25-18)16-4-2-8-22-13-16)24-11-14-5-6-17(23-10-14)15-3-1-7-21-12-15/h1-10,12-13H,11H2,(H,24,26). The molecule has 4 rings (SSSR count). The molecule has 0 aliphatic heterocycles. The molecule has 0 bridgehead atoms. The molecule has 27 heavy (non-hydrogen) atoms. The first-order chi connectivity index (χ1) is 13.3. The predicted molar refractivity (Wildman–Crippen MR) is 98.4 cm³/mol. The highest BCUT2D eigenvalue weighted by Gasteiger charge is 2.13. The second-order valence-corrected chi connectivity index (χ2v) is 5.79. The Morgan fingerprint density at radius 2 is 1.74 bits per heavy atom. The number of carbonyl (C=O) groups excluding carboxylic acids is 1. The van der Waals surface area contributed by atoms with Crippen LogP contribution in [0.1, 0.15) is 16.1 Å². The van der Waals surface area contributed by atoms with Gasteiger partial charge < -0.3 is 9.84 Å². The molecular formula is C20H15N5O2. The van der Waals surface area contributed by atoms with Crippen LogP contribution in [0.15, 0.2) is 78.0 Å². The van der Waals surface area contributed by atoms with Crippen LogP contribution in [0.4, 0.5) is 0 Å². The van der Waals surface area contributed by atoms with Gasteiger partial charge in [-0.1, -0.05) is 11.2 Å². The van der Waals surface area contributed by atoms with Gasteiger partial charge in [-0.25, -0.2) is 0 Å². The number of aromatic nitrogens is 4. The van der Waals surface area contributed by atoms with E-state index in [9.17, 15) is 4.79 Å². The molecule has 0 aliphatic carbocycles. The average molecular weight is 357 g/mol. The fourth-order valence-corrected chi connectivity index (χ4v) is 2.51. The summed E-state index contributed by atoms with van der Waals surface area (Å²) >= 11 is 0. The number of hydrogen-bond donors (Lipinski definition) is 1. The van der Waals surface area contributed by atoms with E-state index in [1.807, 2.05) is 30.3 Å². The van der Waals surface area contributed by atoms with Gasteiger partial charge >= 0.3 is 0 Å². The number of hydrogen-bond acceptors (Lipinski definition) is 6. The van der Waals surface area contributed by atoms with Crippen molar-refractivity contribution in [3.63, 3.8) is 0 Å². The predicted octanol–water partition coefficient (Wildman–Crippen LogP) is 3.12. The molecule has 0 fully saturated rings. The second-order valence-electron chi connectivity index (χ2n) is 5.79. The molecule has 0 aliphatic rings. The van der Waals surface area contributed by atoms with E-state index in [1.165, 1.54) is 0 Å². The lowest BCUT2D eigenvalue weighted by Crippen LogP contribution is -2.23. The van der Waals surface area contributed by atoms with Crippen LogP contribution < -0.4 is 5.32 Å². The Morgan fingerprint density at radius 1 is 0.963 bits per heavy atom. The monoisotopic (exact) mass is 357 g/mol. The molecule has 4 heterocycles. The van der Waals surface area contributed by atoms with Gasteiger partial charge in [-0.15, -0.1) is 0 Å². The average Bonchev–Trinajstić information content (AvgIpc) is 3.24. The topological polar surface area (TPSA) is 93.8 Å². The lowest BCUT2D eigenvalue weighted by Gasteiger charge is -2.04. The minimum absolute atomic E-state index is 0.216. The van der Waals surface area contributed by atoms with E-state index in [-0.39, 0.29) is 11.6 Å². The minimum atomic E-state index is -0.315. The number of nitrogens with one attached hydrogen (secondary N) is 1. The first kappa shape index (κ1) is 16.6. The molecule has 0 spiro atoms. The third kappa shape index (κ3) is 3.87. The maximum absolute atomic E-state index is 12.3. The lowest BCUT2D eigenvalue weighted by atomic mass is 10.1. The van der Waals surface area contributed by atoms with Crippen LogP contribution in [0.2, 0.25) is 0 Å². The molecule has 0 unspecified atom stereocenters. The molecular weight excluding hydrogens is 342 g/mol. The van der Waals surface area contributed by atoms with Gasteiger partial charge in [-0.05, 0) is 35.9 Å². The summed E-state index contributed by atoms with van der Waals surface area (Å²) in [5, 5.41) is 6.63. The number of carbonyl (C=O) groups is 1. The molecule has 7 nitrogen and oxygen atoms in total. The summed E-state index contributed by atoms with van der Waals surface area (Å²) in [4.78, 5) is 24.8. The van der Waals surface area contributed by atoms with Crippen LogP contribution in [0.25, 0.3) is 22.6 Å². The Morgan fingerprint density at radius 3 is 2.41 bits per heavy atom. The molecule has 0 aromatic carbocycles. The van der Waals surface area contributed by atoms with E-state index in [0.717, 1.165) is 22.4 Å². The van der Waals surface area contributed by atoms with Gasteiger partial charge in [0.25, 0.3) is 5.91 Å². The summed E-state index contributed by atoms with van der Waals surface area (Å²) in [6.07, 6.45) is 8.52. The van der Waals surface area contributed by atoms with Gasteiger partial charge in [0.2, 0.25) is 0 Å². The van der Waals surface area contributed by atoms with Crippen molar-refractivity contribution < 1.29 is 9.32 Å². The van der Waals surface area contributed by atoms with Gasteiger partial charge in [0, 0.05) is 54.7 Å². The van der Waals surface area contributed by atoms with Gasteiger partial charge in [0.1, 0.15) is 0 Å². The van der Waals surface area contributed by atoms with Crippen LogP contribution in [-0.2, 0) is 6.54 Å². The third-order valence-electron chi connectivity index (χ3n) is 3.92. The number of rotatable bonds is 5. The van der Waals surface area contributed by atoms with Crippen molar-refractivity contribution in [1.29, 1.82) is 0 Å². The van der Waals surface area contributed by atoms with E-state index in [0.29, 0.717) is 12.3 Å². The molecule has 1 amide bonds. The summed E-state index contributed by atoms with van der Waals surface area (Å²) in [6, 6.07) is 12.8. The summed E-state index contributed by atoms with van der Waals surface area (Å²) in [5.74, 6) is 0.181. The van der Waals surface area contributed by atoms with Crippen molar-refractivity contribution in [3.05, 3.63) is 84.7 Å². The van der Waals surface area contributed by atoms with Crippen molar-refractivity contribution >= 4 is 5.91 Å². The summed E-state index contributed by atoms with van der Waals surface area (Å²) in [6.45, 7) is 0.342. The Bertz CT molecular complexity index is 1030. The Labute approximate surface area is 155 Å². The first-order valence-corrected chi connectivity index (χ1v) is 8.30. The van der Waals surface area contributed by atoms with Crippen molar-refractivity contribution in [2.45, 2.75) is 6.54 Å². The Hall–Kier alpha value is -3.87. The van der Waals surface area contributed by atoms with Gasteiger partial charge in [-0.3, -0.25) is 19.7 Å². The van der Waals surface area contributed by atoms with Crippen molar-refractivity contribution in [2.75, 3.05) is 0 Å². The van der Waals surface area contributed by atoms with E-state index in [2.05, 4.69) is 25.4 Å². The van der Waals surface area contributed by atoms with E-state index in [1.54, 1.807) is 43.1 Å². The fourth-order valence-electron chi connectivity index (χ4n) is 2.51. The Balaban J connectivity index is 1.39. The van der Waals surface area contributed by atoms with E-state index in [4.69, 9.17) is 4.52 Å². The molecule has 0 saturated carbocycles. The lowest BCUT2D eigenvalue weighted by molar-refractivity contribution is 0.0942. The van der Waals surface area contributed by atoms with Gasteiger partial charge in [0.05, 0.1) is 5.69 Å². The summed E-state index contributed by atoms with van der Waals surface area (Å²) in [7, 11) is 0. The van der Waals surface area contributed by atoms with Crippen molar-refractivity contribution in [3.8, 4) is 22.6 Å². The normalized spacial score (nSPS) is 10.5. The van der Waals surface area contributed by atoms with Crippen LogP contribution in [0.5, 0.6) is 0 Å². The van der Waals surface area contributed by atoms with E-state index >= 15 is 0 Å². The zero-order chi connectivity index (χ0) is 18.5. The van der Waals surface area contributed by atoms with Crippen molar-refractivity contribution in [1.82, 2.24) is 25.4 Å². The first-order valence-electron chi connectivity index (χ1n) is 8.30. The molecule has 132 valence electrons. The third-order valence-corrected chi connectivity index (χ3v) is 3.92. The Kier molecular flexibility index (Phi) is 4.65. The maximum atomic E-state index is 12.3. The highest BCUT2D eigenvalue weighted by molar-refractivity contribution is 5.93. The second kappa shape index (κ2) is 7.57. The summed E-state index contributed by atoms with van der Waals surface area (Å²) < 4.78 is 5.22. The summed E-state index contributed by atoms with van der Waals surface area (Å²) in [5.41, 5.74) is 3.63. The molecule has 1 N–H and O–H groups in total. The maximum Gasteiger partial charge on any atom is 0.273 e. The molecule has 0 saturated heterocycles. The zero-order valence-electron chi connectivity index (χ0n) is 14.2. The molecule has 4 aromatic heterocycles. The van der Waals surface area contributed by atoms with Crippen LogP contribution in [-0.4, -0.2) is 26.0 Å². The number of pyridine rings is 3. The zero-order valence-corrected chi connectivity index (χ0v) is 14.2. The quantitative estimate of drug-likeness (QED) is 0.590. The number of amides is 1. The fraction of sp³-hybridized carbons (Fsp3) is 0.0500. The molecule has 0 atom stereocenters. The molecule has 4 aromatic rings. The molecule has 7 heteroatoms. The highest BCUT2D eigenvalue weighted by atomic mass is 16.5. The van der Waals surface area contributed by atoms with Crippen LogP contribution >= 0.6 is 0 Å². The van der Waals surface area contributed by atoms with Crippen LogP contribution in [0, 0.1) is 0 Å². The smallest absolute Gasteiger partial charge is 0.273 e.